The van der Waals surface area contributed by atoms with Gasteiger partial charge in [-0.1, -0.05) is 23.2 Å². The number of rotatable bonds is 4. The molecule has 0 aromatic heterocycles. The van der Waals surface area contributed by atoms with Crippen molar-refractivity contribution in [2.75, 3.05) is 6.61 Å². The molecule has 0 amide bonds. The monoisotopic (exact) mass is 306 g/mol. The molecule has 0 aliphatic carbocycles. The molecule has 1 aromatic rings. The molecule has 96 valence electrons. The van der Waals surface area contributed by atoms with Crippen molar-refractivity contribution in [3.8, 4) is 5.75 Å². The zero-order valence-corrected chi connectivity index (χ0v) is 10.7. The van der Waals surface area contributed by atoms with Crippen LogP contribution in [0.3, 0.4) is 0 Å². The van der Waals surface area contributed by atoms with Gasteiger partial charge in [0.2, 0.25) is 0 Å². The molecule has 7 heteroatoms. The van der Waals surface area contributed by atoms with E-state index in [1.165, 1.54) is 12.1 Å². The van der Waals surface area contributed by atoms with E-state index in [0.29, 0.717) is 10.6 Å². The number of ether oxygens (including phenoxy) is 1. The van der Waals surface area contributed by atoms with Crippen LogP contribution < -0.4 is 4.74 Å². The molecule has 0 saturated heterocycles. The fraction of sp³-hybridized carbons (Fsp3) is 0.400. The lowest BCUT2D eigenvalue weighted by Gasteiger charge is -2.13. The Labute approximate surface area is 111 Å². The first-order chi connectivity index (χ1) is 7.83. The molecule has 0 bridgehead atoms. The van der Waals surface area contributed by atoms with Crippen molar-refractivity contribution < 1.29 is 17.9 Å². The van der Waals surface area contributed by atoms with Gasteiger partial charge in [0.25, 0.3) is 0 Å². The molecule has 0 heterocycles. The van der Waals surface area contributed by atoms with E-state index in [9.17, 15) is 13.2 Å². The third-order valence-corrected chi connectivity index (χ3v) is 2.65. The summed E-state index contributed by atoms with van der Waals surface area (Å²) in [5, 5.41) is 0.504. The molecule has 1 rings (SSSR count). The van der Waals surface area contributed by atoms with Crippen molar-refractivity contribution >= 4 is 34.8 Å². The zero-order valence-electron chi connectivity index (χ0n) is 8.45. The second-order valence-electron chi connectivity index (χ2n) is 3.22. The molecule has 0 radical (unpaired) electrons. The Morgan fingerprint density at radius 1 is 1.18 bits per heavy atom. The Bertz CT molecular complexity index is 393. The Kier molecular flexibility index (Phi) is 5.22. The molecule has 1 aromatic carbocycles. The summed E-state index contributed by atoms with van der Waals surface area (Å²) in [6.45, 7) is -0.505. The van der Waals surface area contributed by atoms with E-state index in [1.54, 1.807) is 0 Å². The van der Waals surface area contributed by atoms with Crippen LogP contribution in [0.15, 0.2) is 12.1 Å². The van der Waals surface area contributed by atoms with Gasteiger partial charge in [0.15, 0.2) is 0 Å². The molecule has 0 atom stereocenters. The Hall–Kier alpha value is -0.320. The third kappa shape index (κ3) is 4.82. The van der Waals surface area contributed by atoms with E-state index < -0.39 is 19.2 Å². The van der Waals surface area contributed by atoms with E-state index in [0.717, 1.165) is 0 Å². The summed E-state index contributed by atoms with van der Waals surface area (Å²) >= 11 is 17.2. The zero-order chi connectivity index (χ0) is 13.1. The highest BCUT2D eigenvalue weighted by molar-refractivity contribution is 6.35. The van der Waals surface area contributed by atoms with Crippen LogP contribution in [0.4, 0.5) is 13.2 Å². The van der Waals surface area contributed by atoms with Crippen LogP contribution in [-0.4, -0.2) is 12.8 Å². The standard InChI is InChI=1S/C10H8Cl3F3O/c11-5-6-3-7(12)4-8(13)9(6)17-2-1-10(14,15)16/h3-4H,1-2,5H2. The second-order valence-corrected chi connectivity index (χ2v) is 4.33. The van der Waals surface area contributed by atoms with Crippen LogP contribution in [0.25, 0.3) is 0 Å². The number of hydrogen-bond acceptors (Lipinski definition) is 1. The van der Waals surface area contributed by atoms with E-state index in [4.69, 9.17) is 39.5 Å². The van der Waals surface area contributed by atoms with Crippen LogP contribution in [-0.2, 0) is 5.88 Å². The first-order valence-corrected chi connectivity index (χ1v) is 5.86. The molecule has 0 spiro atoms. The minimum absolute atomic E-state index is 0.0572. The van der Waals surface area contributed by atoms with Gasteiger partial charge >= 0.3 is 6.18 Å². The number of hydrogen-bond donors (Lipinski definition) is 0. The van der Waals surface area contributed by atoms with Crippen molar-refractivity contribution in [3.63, 3.8) is 0 Å². The van der Waals surface area contributed by atoms with Gasteiger partial charge in [-0.15, -0.1) is 11.6 Å². The lowest BCUT2D eigenvalue weighted by molar-refractivity contribution is -0.139. The van der Waals surface area contributed by atoms with Gasteiger partial charge in [-0.3, -0.25) is 0 Å². The highest BCUT2D eigenvalue weighted by Gasteiger charge is 2.27. The molecule has 0 fully saturated rings. The number of alkyl halides is 4. The fourth-order valence-corrected chi connectivity index (χ4v) is 1.93. The van der Waals surface area contributed by atoms with Gasteiger partial charge in [-0.25, -0.2) is 0 Å². The lowest BCUT2D eigenvalue weighted by atomic mass is 10.2. The summed E-state index contributed by atoms with van der Waals surface area (Å²) in [7, 11) is 0. The van der Waals surface area contributed by atoms with Crippen LogP contribution in [0.1, 0.15) is 12.0 Å². The maximum Gasteiger partial charge on any atom is 0.392 e. The Morgan fingerprint density at radius 3 is 2.35 bits per heavy atom. The summed E-state index contributed by atoms with van der Waals surface area (Å²) in [5.41, 5.74) is 0.464. The topological polar surface area (TPSA) is 9.23 Å². The first kappa shape index (κ1) is 14.7. The van der Waals surface area contributed by atoms with E-state index >= 15 is 0 Å². The summed E-state index contributed by atoms with van der Waals surface area (Å²) in [5.74, 6) is 0.206. The number of halogens is 6. The molecule has 17 heavy (non-hydrogen) atoms. The quantitative estimate of drug-likeness (QED) is 0.706. The molecular formula is C10H8Cl3F3O. The predicted octanol–water partition coefficient (Wildman–Crippen LogP) is 5.06. The van der Waals surface area contributed by atoms with Crippen LogP contribution in [0, 0.1) is 0 Å². The van der Waals surface area contributed by atoms with Gasteiger partial charge in [-0.2, -0.15) is 13.2 Å². The normalized spacial score (nSPS) is 11.6. The highest BCUT2D eigenvalue weighted by Crippen LogP contribution is 2.34. The largest absolute Gasteiger partial charge is 0.491 e. The van der Waals surface area contributed by atoms with Gasteiger partial charge in [0.1, 0.15) is 5.75 Å². The maximum absolute atomic E-state index is 11.9. The summed E-state index contributed by atoms with van der Waals surface area (Å²) in [4.78, 5) is 0. The molecule has 1 nitrogen and oxygen atoms in total. The smallest absolute Gasteiger partial charge is 0.392 e. The highest BCUT2D eigenvalue weighted by atomic mass is 35.5. The van der Waals surface area contributed by atoms with Gasteiger partial charge < -0.3 is 4.74 Å². The van der Waals surface area contributed by atoms with E-state index in [1.807, 2.05) is 0 Å². The predicted molar refractivity (Wildman–Crippen MR) is 62.2 cm³/mol. The van der Waals surface area contributed by atoms with Crippen LogP contribution >= 0.6 is 34.8 Å². The second kappa shape index (κ2) is 6.03. The minimum atomic E-state index is -4.26. The fourth-order valence-electron chi connectivity index (χ4n) is 1.14. The Morgan fingerprint density at radius 2 is 1.82 bits per heavy atom. The summed E-state index contributed by atoms with van der Waals surface area (Å²) < 4.78 is 40.8. The maximum atomic E-state index is 11.9. The molecule has 0 saturated carbocycles. The molecule has 0 aliphatic heterocycles. The average molecular weight is 308 g/mol. The van der Waals surface area contributed by atoms with Gasteiger partial charge in [0, 0.05) is 10.6 Å². The lowest BCUT2D eigenvalue weighted by Crippen LogP contribution is -2.13. The van der Waals surface area contributed by atoms with E-state index in [-0.39, 0.29) is 16.7 Å². The number of benzene rings is 1. The van der Waals surface area contributed by atoms with Crippen molar-refractivity contribution in [1.29, 1.82) is 0 Å². The third-order valence-electron chi connectivity index (χ3n) is 1.86. The minimum Gasteiger partial charge on any atom is -0.491 e. The Balaban J connectivity index is 2.76. The van der Waals surface area contributed by atoms with Crippen LogP contribution in [0.5, 0.6) is 5.75 Å². The van der Waals surface area contributed by atoms with Crippen molar-refractivity contribution in [2.24, 2.45) is 0 Å². The molecule has 0 aliphatic rings. The van der Waals surface area contributed by atoms with Crippen molar-refractivity contribution in [2.45, 2.75) is 18.5 Å². The van der Waals surface area contributed by atoms with Crippen molar-refractivity contribution in [1.82, 2.24) is 0 Å². The average Bonchev–Trinajstić information content (AvgIpc) is 2.18. The van der Waals surface area contributed by atoms with E-state index in [2.05, 4.69) is 0 Å². The van der Waals surface area contributed by atoms with Crippen LogP contribution in [0.2, 0.25) is 10.0 Å². The molecule has 0 N–H and O–H groups in total. The van der Waals surface area contributed by atoms with Gasteiger partial charge in [-0.05, 0) is 12.1 Å². The van der Waals surface area contributed by atoms with Crippen molar-refractivity contribution in [3.05, 3.63) is 27.7 Å². The summed E-state index contributed by atoms with van der Waals surface area (Å²) in [6, 6.07) is 2.89. The van der Waals surface area contributed by atoms with Gasteiger partial charge in [0.05, 0.1) is 23.9 Å². The first-order valence-electron chi connectivity index (χ1n) is 4.57. The molecular weight excluding hydrogens is 299 g/mol. The summed E-state index contributed by atoms with van der Waals surface area (Å²) in [6.07, 6.45) is -5.31. The molecule has 0 unspecified atom stereocenters. The SMILES string of the molecule is FC(F)(F)CCOc1c(Cl)cc(Cl)cc1CCl.